The Bertz CT molecular complexity index is 466. The van der Waals surface area contributed by atoms with Crippen LogP contribution in [0.5, 0.6) is 0 Å². The molecule has 0 amide bonds. The molecule has 5 nitrogen and oxygen atoms in total. The molecule has 0 heterocycles. The second-order valence-electron chi connectivity index (χ2n) is 4.68. The minimum Gasteiger partial charge on any atom is -0.481 e. The second kappa shape index (κ2) is 6.31. The molecule has 5 heteroatoms. The molecule has 0 radical (unpaired) electrons. The average Bonchev–Trinajstić information content (AvgIpc) is 2.40. The number of aryl methyl sites for hydroxylation is 1. The molecule has 104 valence electrons. The number of carboxylic acids is 1. The highest BCUT2D eigenvalue weighted by atomic mass is 16.6. The van der Waals surface area contributed by atoms with Crippen molar-refractivity contribution in [2.45, 2.75) is 39.5 Å². The molecule has 0 saturated carbocycles. The zero-order valence-electron chi connectivity index (χ0n) is 11.3. The van der Waals surface area contributed by atoms with Crippen molar-refractivity contribution in [2.24, 2.45) is 5.41 Å². The summed E-state index contributed by atoms with van der Waals surface area (Å²) in [5, 5.41) is 20.3. The lowest BCUT2D eigenvalue weighted by Crippen LogP contribution is -2.30. The van der Waals surface area contributed by atoms with Crippen molar-refractivity contribution in [3.63, 3.8) is 0 Å². The number of aliphatic carboxylic acids is 1. The summed E-state index contributed by atoms with van der Waals surface area (Å²) in [6, 6.07) is 6.50. The molecule has 0 atom stereocenters. The number of nitrogens with zero attached hydrogens (tertiary/aromatic N) is 1. The summed E-state index contributed by atoms with van der Waals surface area (Å²) >= 11 is 0. The summed E-state index contributed by atoms with van der Waals surface area (Å²) in [5.41, 5.74) is -0.127. The van der Waals surface area contributed by atoms with Crippen LogP contribution in [0.25, 0.3) is 0 Å². The predicted octanol–water partition coefficient (Wildman–Crippen LogP) is 3.42. The highest BCUT2D eigenvalue weighted by molar-refractivity contribution is 5.74. The SMILES string of the molecule is CCC(CC)(CCc1ccccc1[N+](=O)[O-])C(=O)O. The van der Waals surface area contributed by atoms with Gasteiger partial charge in [-0.2, -0.15) is 0 Å². The van der Waals surface area contributed by atoms with Crippen LogP contribution in [-0.4, -0.2) is 16.0 Å². The van der Waals surface area contributed by atoms with Crippen LogP contribution in [0.4, 0.5) is 5.69 Å². The summed E-state index contributed by atoms with van der Waals surface area (Å²) in [7, 11) is 0. The molecule has 0 unspecified atom stereocenters. The van der Waals surface area contributed by atoms with Crippen LogP contribution in [0.1, 0.15) is 38.7 Å². The van der Waals surface area contributed by atoms with E-state index in [-0.39, 0.29) is 5.69 Å². The molecule has 19 heavy (non-hydrogen) atoms. The third kappa shape index (κ3) is 3.30. The number of nitro benzene ring substituents is 1. The van der Waals surface area contributed by atoms with Crippen molar-refractivity contribution in [1.29, 1.82) is 0 Å². The maximum absolute atomic E-state index is 11.4. The van der Waals surface area contributed by atoms with E-state index in [0.29, 0.717) is 31.2 Å². The van der Waals surface area contributed by atoms with Gasteiger partial charge in [0.05, 0.1) is 10.3 Å². The molecule has 0 fully saturated rings. The number of benzene rings is 1. The predicted molar refractivity (Wildman–Crippen MR) is 72.1 cm³/mol. The van der Waals surface area contributed by atoms with Gasteiger partial charge in [0.2, 0.25) is 0 Å². The number of hydrogen-bond donors (Lipinski definition) is 1. The van der Waals surface area contributed by atoms with Crippen LogP contribution in [0, 0.1) is 15.5 Å². The van der Waals surface area contributed by atoms with Gasteiger partial charge in [0, 0.05) is 11.6 Å². The molecule has 1 aromatic rings. The lowest BCUT2D eigenvalue weighted by atomic mass is 9.77. The van der Waals surface area contributed by atoms with Gasteiger partial charge < -0.3 is 5.11 Å². The Morgan fingerprint density at radius 2 is 1.89 bits per heavy atom. The fraction of sp³-hybridized carbons (Fsp3) is 0.500. The topological polar surface area (TPSA) is 80.4 Å². The molecule has 0 saturated heterocycles. The summed E-state index contributed by atoms with van der Waals surface area (Å²) in [4.78, 5) is 21.9. The molecule has 0 aromatic heterocycles. The van der Waals surface area contributed by atoms with E-state index >= 15 is 0 Å². The van der Waals surface area contributed by atoms with Crippen molar-refractivity contribution in [3.8, 4) is 0 Å². The summed E-state index contributed by atoms with van der Waals surface area (Å²) in [6.45, 7) is 3.69. The van der Waals surface area contributed by atoms with Crippen LogP contribution < -0.4 is 0 Å². The molecule has 0 aliphatic heterocycles. The van der Waals surface area contributed by atoms with Gasteiger partial charge in [0.25, 0.3) is 5.69 Å². The van der Waals surface area contributed by atoms with Gasteiger partial charge in [-0.1, -0.05) is 32.0 Å². The molecule has 0 aliphatic carbocycles. The highest BCUT2D eigenvalue weighted by Gasteiger charge is 2.34. The van der Waals surface area contributed by atoms with Crippen molar-refractivity contribution < 1.29 is 14.8 Å². The first kappa shape index (κ1) is 15.1. The molecule has 0 spiro atoms. The molecule has 0 aliphatic rings. The lowest BCUT2D eigenvalue weighted by molar-refractivity contribution is -0.385. The Morgan fingerprint density at radius 1 is 1.32 bits per heavy atom. The Hall–Kier alpha value is -1.91. The van der Waals surface area contributed by atoms with Gasteiger partial charge >= 0.3 is 5.97 Å². The fourth-order valence-electron chi connectivity index (χ4n) is 2.29. The maximum Gasteiger partial charge on any atom is 0.309 e. The maximum atomic E-state index is 11.4. The van der Waals surface area contributed by atoms with E-state index in [1.807, 2.05) is 13.8 Å². The molecule has 0 bridgehead atoms. The van der Waals surface area contributed by atoms with Crippen molar-refractivity contribution in [1.82, 2.24) is 0 Å². The molecule has 1 N–H and O–H groups in total. The third-order valence-corrected chi connectivity index (χ3v) is 3.87. The van der Waals surface area contributed by atoms with Crippen LogP contribution in [0.3, 0.4) is 0 Å². The van der Waals surface area contributed by atoms with Gasteiger partial charge in [0.15, 0.2) is 0 Å². The summed E-state index contributed by atoms with van der Waals surface area (Å²) in [5.74, 6) is -0.823. The second-order valence-corrected chi connectivity index (χ2v) is 4.68. The summed E-state index contributed by atoms with van der Waals surface area (Å²) in [6.07, 6.45) is 1.88. The lowest BCUT2D eigenvalue weighted by Gasteiger charge is -2.26. The molecule has 1 aromatic carbocycles. The van der Waals surface area contributed by atoms with Gasteiger partial charge in [-0.3, -0.25) is 14.9 Å². The van der Waals surface area contributed by atoms with Gasteiger partial charge in [-0.05, 0) is 25.7 Å². The first-order valence-corrected chi connectivity index (χ1v) is 6.42. The zero-order valence-corrected chi connectivity index (χ0v) is 11.3. The van der Waals surface area contributed by atoms with E-state index in [1.165, 1.54) is 6.07 Å². The smallest absolute Gasteiger partial charge is 0.309 e. The van der Waals surface area contributed by atoms with Gasteiger partial charge in [0.1, 0.15) is 0 Å². The number of carboxylic acid groups (broad SMARTS) is 1. The molecular weight excluding hydrogens is 246 g/mol. The Kier molecular flexibility index (Phi) is 5.03. The number of carbonyl (C=O) groups is 1. The van der Waals surface area contributed by atoms with Crippen molar-refractivity contribution in [3.05, 3.63) is 39.9 Å². The number of rotatable bonds is 7. The van der Waals surface area contributed by atoms with Crippen LogP contribution in [0.2, 0.25) is 0 Å². The number of para-hydroxylation sites is 1. The normalized spacial score (nSPS) is 11.3. The number of hydrogen-bond acceptors (Lipinski definition) is 3. The molecular formula is C14H19NO4. The van der Waals surface area contributed by atoms with Crippen molar-refractivity contribution >= 4 is 11.7 Å². The Balaban J connectivity index is 2.92. The number of nitro groups is 1. The Morgan fingerprint density at radius 3 is 2.37 bits per heavy atom. The highest BCUT2D eigenvalue weighted by Crippen LogP contribution is 2.33. The monoisotopic (exact) mass is 265 g/mol. The van der Waals surface area contributed by atoms with E-state index in [9.17, 15) is 20.0 Å². The van der Waals surface area contributed by atoms with Gasteiger partial charge in [-0.15, -0.1) is 0 Å². The van der Waals surface area contributed by atoms with Crippen LogP contribution in [-0.2, 0) is 11.2 Å². The zero-order chi connectivity index (χ0) is 14.5. The van der Waals surface area contributed by atoms with E-state index in [0.717, 1.165) is 0 Å². The Labute approximate surface area is 112 Å². The van der Waals surface area contributed by atoms with Crippen molar-refractivity contribution in [2.75, 3.05) is 0 Å². The van der Waals surface area contributed by atoms with Crippen LogP contribution in [0.15, 0.2) is 24.3 Å². The quantitative estimate of drug-likeness (QED) is 0.605. The summed E-state index contributed by atoms with van der Waals surface area (Å²) < 4.78 is 0. The first-order valence-electron chi connectivity index (χ1n) is 6.42. The molecule has 1 rings (SSSR count). The average molecular weight is 265 g/mol. The largest absolute Gasteiger partial charge is 0.481 e. The van der Waals surface area contributed by atoms with Gasteiger partial charge in [-0.25, -0.2) is 0 Å². The fourth-order valence-corrected chi connectivity index (χ4v) is 2.29. The van der Waals surface area contributed by atoms with E-state index in [2.05, 4.69) is 0 Å². The minimum absolute atomic E-state index is 0.0639. The minimum atomic E-state index is -0.823. The first-order chi connectivity index (χ1) is 8.96. The van der Waals surface area contributed by atoms with E-state index in [4.69, 9.17) is 0 Å². The third-order valence-electron chi connectivity index (χ3n) is 3.87. The van der Waals surface area contributed by atoms with E-state index in [1.54, 1.807) is 18.2 Å². The van der Waals surface area contributed by atoms with Crippen LogP contribution >= 0.6 is 0 Å². The van der Waals surface area contributed by atoms with E-state index < -0.39 is 16.3 Å². The standard InChI is InChI=1S/C14H19NO4/c1-3-14(4-2,13(16)17)10-9-11-7-5-6-8-12(11)15(18)19/h5-8H,3-4,9-10H2,1-2H3,(H,16,17).